The third kappa shape index (κ3) is 3.37. The average molecular weight is 494 g/mol. The van der Waals surface area contributed by atoms with Gasteiger partial charge in [0.25, 0.3) is 0 Å². The Morgan fingerprint density at radius 2 is 1.00 bits per heavy atom. The number of benzene rings is 4. The van der Waals surface area contributed by atoms with E-state index in [1.807, 2.05) is 12.3 Å². The molecule has 144 valence electrons. The summed E-state index contributed by atoms with van der Waals surface area (Å²) in [5.41, 5.74) is 0.906. The van der Waals surface area contributed by atoms with Gasteiger partial charge in [0.05, 0.1) is 0 Å². The molecule has 1 heterocycles. The average Bonchev–Trinajstić information content (AvgIpc) is 2.84. The molecule has 4 aromatic carbocycles. The van der Waals surface area contributed by atoms with Crippen LogP contribution in [0.25, 0.3) is 10.9 Å². The standard InChI is InChI=1S/C9H7NO.3C6H5.Sn/c11-8-5-1-3-7-4-2-6-10-9(7)8;3*1-2-4-6-5-3-1;/h1-6,11H;3*1-5H;/q;;;;+1/p-1. The topological polar surface area (TPSA) is 22.1 Å². The fourth-order valence-corrected chi connectivity index (χ4v) is 15.0. The zero-order valence-electron chi connectivity index (χ0n) is 16.5. The van der Waals surface area contributed by atoms with Crippen LogP contribution in [0.1, 0.15) is 0 Å². The van der Waals surface area contributed by atoms with E-state index in [0.29, 0.717) is 0 Å². The first-order valence-electron chi connectivity index (χ1n) is 10.1. The van der Waals surface area contributed by atoms with Crippen molar-refractivity contribution in [2.24, 2.45) is 0 Å². The van der Waals surface area contributed by atoms with Gasteiger partial charge in [-0.15, -0.1) is 0 Å². The molecule has 0 bridgehead atoms. The number of nitrogens with zero attached hydrogens (tertiary/aromatic N) is 1. The molecule has 0 spiro atoms. The molecule has 0 unspecified atom stereocenters. The zero-order chi connectivity index (χ0) is 20.2. The summed E-state index contributed by atoms with van der Waals surface area (Å²) in [6, 6.07) is 42.4. The maximum atomic E-state index is 7.22. The summed E-state index contributed by atoms with van der Waals surface area (Å²) in [7, 11) is 0. The van der Waals surface area contributed by atoms with E-state index >= 15 is 0 Å². The molecule has 0 amide bonds. The van der Waals surface area contributed by atoms with Crippen molar-refractivity contribution in [2.75, 3.05) is 0 Å². The Morgan fingerprint density at radius 1 is 0.500 bits per heavy atom. The van der Waals surface area contributed by atoms with Crippen molar-refractivity contribution in [3.05, 3.63) is 128 Å². The van der Waals surface area contributed by atoms with Crippen LogP contribution in [0, 0.1) is 0 Å². The Labute approximate surface area is 181 Å². The van der Waals surface area contributed by atoms with E-state index in [9.17, 15) is 0 Å². The molecule has 5 rings (SSSR count). The monoisotopic (exact) mass is 495 g/mol. The number of aromatic nitrogens is 1. The normalized spacial score (nSPS) is 11.3. The van der Waals surface area contributed by atoms with Gasteiger partial charge in [-0.25, -0.2) is 0 Å². The number of fused-ring (bicyclic) bond motifs is 1. The van der Waals surface area contributed by atoms with E-state index in [-0.39, 0.29) is 0 Å². The molecular formula is C27H21NOSn. The van der Waals surface area contributed by atoms with Crippen LogP contribution in [0.5, 0.6) is 5.75 Å². The van der Waals surface area contributed by atoms with Crippen molar-refractivity contribution < 1.29 is 3.07 Å². The second-order valence-electron chi connectivity index (χ2n) is 7.21. The van der Waals surface area contributed by atoms with Crippen molar-refractivity contribution in [3.63, 3.8) is 0 Å². The summed E-state index contributed by atoms with van der Waals surface area (Å²) < 4.78 is 11.0. The van der Waals surface area contributed by atoms with Crippen LogP contribution >= 0.6 is 0 Å². The van der Waals surface area contributed by atoms with Gasteiger partial charge in [0.2, 0.25) is 0 Å². The van der Waals surface area contributed by atoms with E-state index < -0.39 is 18.8 Å². The second kappa shape index (κ2) is 8.33. The summed E-state index contributed by atoms with van der Waals surface area (Å²) in [5.74, 6) is 0.848. The first-order valence-corrected chi connectivity index (χ1v) is 15.5. The number of hydrogen-bond acceptors (Lipinski definition) is 2. The Balaban J connectivity index is 1.82. The second-order valence-corrected chi connectivity index (χ2v) is 16.6. The molecule has 1 aromatic heterocycles. The molecule has 0 atom stereocenters. The number of pyridine rings is 1. The third-order valence-electron chi connectivity index (χ3n) is 5.40. The van der Waals surface area contributed by atoms with Gasteiger partial charge in [0, 0.05) is 0 Å². The summed E-state index contributed by atoms with van der Waals surface area (Å²) in [5, 5.41) is 1.09. The number of rotatable bonds is 5. The van der Waals surface area contributed by atoms with Gasteiger partial charge in [-0.3, -0.25) is 0 Å². The minimum atomic E-state index is -3.85. The van der Waals surface area contributed by atoms with E-state index in [1.165, 1.54) is 10.7 Å². The van der Waals surface area contributed by atoms with E-state index in [4.69, 9.17) is 3.07 Å². The predicted octanol–water partition coefficient (Wildman–Crippen LogP) is 4.28. The van der Waals surface area contributed by atoms with Gasteiger partial charge >= 0.3 is 182 Å². The van der Waals surface area contributed by atoms with Crippen LogP contribution in [-0.2, 0) is 0 Å². The minimum absolute atomic E-state index is 0.848. The molecule has 5 aromatic rings. The number of para-hydroxylation sites is 1. The molecule has 30 heavy (non-hydrogen) atoms. The molecule has 0 aliphatic carbocycles. The van der Waals surface area contributed by atoms with Crippen LogP contribution < -0.4 is 13.8 Å². The van der Waals surface area contributed by atoms with Crippen LogP contribution in [-0.4, -0.2) is 23.8 Å². The van der Waals surface area contributed by atoms with E-state index in [1.54, 1.807) is 0 Å². The van der Waals surface area contributed by atoms with Crippen LogP contribution in [0.4, 0.5) is 0 Å². The molecule has 0 fully saturated rings. The molecule has 3 heteroatoms. The van der Waals surface area contributed by atoms with Crippen molar-refractivity contribution in [3.8, 4) is 5.75 Å². The van der Waals surface area contributed by atoms with Crippen LogP contribution in [0.15, 0.2) is 128 Å². The Bertz CT molecular complexity index is 1160. The van der Waals surface area contributed by atoms with Gasteiger partial charge < -0.3 is 0 Å². The molecular weight excluding hydrogens is 473 g/mol. The van der Waals surface area contributed by atoms with Gasteiger partial charge in [-0.05, 0) is 0 Å². The summed E-state index contributed by atoms with van der Waals surface area (Å²) in [4.78, 5) is 4.65. The van der Waals surface area contributed by atoms with Gasteiger partial charge in [-0.2, -0.15) is 0 Å². The fraction of sp³-hybridized carbons (Fsp3) is 0. The Hall–Kier alpha value is -3.11. The predicted molar refractivity (Wildman–Crippen MR) is 126 cm³/mol. The van der Waals surface area contributed by atoms with Crippen molar-refractivity contribution >= 4 is 40.4 Å². The summed E-state index contributed by atoms with van der Waals surface area (Å²) in [6.45, 7) is 0. The molecule has 0 aliphatic rings. The molecule has 0 N–H and O–H groups in total. The molecule has 0 saturated carbocycles. The van der Waals surface area contributed by atoms with Crippen LogP contribution in [0.2, 0.25) is 0 Å². The molecule has 0 radical (unpaired) electrons. The SMILES string of the molecule is c1cc[c]([Sn]([O]c2cccc3cccnc23)([c]2ccccc2)[c]2ccccc2)cc1. The van der Waals surface area contributed by atoms with Crippen molar-refractivity contribution in [2.45, 2.75) is 0 Å². The first-order chi connectivity index (χ1) is 14.9. The van der Waals surface area contributed by atoms with E-state index in [2.05, 4.69) is 120 Å². The third-order valence-corrected chi connectivity index (χ3v) is 16.7. The Morgan fingerprint density at radius 3 is 1.53 bits per heavy atom. The van der Waals surface area contributed by atoms with Gasteiger partial charge in [0.15, 0.2) is 0 Å². The fourth-order valence-electron chi connectivity index (χ4n) is 4.02. The summed E-state index contributed by atoms with van der Waals surface area (Å²) in [6.07, 6.45) is 1.83. The molecule has 2 nitrogen and oxygen atoms in total. The Kier molecular flexibility index (Phi) is 5.24. The van der Waals surface area contributed by atoms with Crippen molar-refractivity contribution in [1.82, 2.24) is 4.98 Å². The van der Waals surface area contributed by atoms with Crippen LogP contribution in [0.3, 0.4) is 0 Å². The maximum absolute atomic E-state index is 7.22. The quantitative estimate of drug-likeness (QED) is 0.341. The van der Waals surface area contributed by atoms with Gasteiger partial charge in [-0.1, -0.05) is 0 Å². The summed E-state index contributed by atoms with van der Waals surface area (Å²) >= 11 is -3.85. The van der Waals surface area contributed by atoms with E-state index in [0.717, 1.165) is 16.7 Å². The molecule has 0 aliphatic heterocycles. The van der Waals surface area contributed by atoms with Crippen molar-refractivity contribution in [1.29, 1.82) is 0 Å². The first kappa shape index (κ1) is 18.9. The number of hydrogen-bond donors (Lipinski definition) is 0. The zero-order valence-corrected chi connectivity index (χ0v) is 19.3. The molecule has 0 saturated heterocycles. The van der Waals surface area contributed by atoms with Gasteiger partial charge in [0.1, 0.15) is 0 Å².